The van der Waals surface area contributed by atoms with Crippen LogP contribution in [0.25, 0.3) is 0 Å². The van der Waals surface area contributed by atoms with Crippen molar-refractivity contribution in [2.75, 3.05) is 11.4 Å². The first-order valence-corrected chi connectivity index (χ1v) is 6.05. The maximum atomic E-state index is 6.01. The average Bonchev–Trinajstić information content (AvgIpc) is 2.83. The Bertz CT molecular complexity index is 554. The van der Waals surface area contributed by atoms with Crippen LogP contribution < -0.4 is 10.6 Å². The van der Waals surface area contributed by atoms with Crippen molar-refractivity contribution in [3.05, 3.63) is 66.2 Å². The standard InChI is InChI=1S/C15H15N3.BrH/c16-15-17-11-14(12-7-3-1-4-8-12)18(15)13-9-5-2-6-10-13;/h1-10,14H,11H2,(H2,16,17);1H. The average molecular weight is 318 g/mol. The highest BCUT2D eigenvalue weighted by molar-refractivity contribution is 8.93. The second-order valence-corrected chi connectivity index (χ2v) is 4.33. The highest BCUT2D eigenvalue weighted by atomic mass is 79.9. The van der Waals surface area contributed by atoms with E-state index in [0.717, 1.165) is 5.69 Å². The lowest BCUT2D eigenvalue weighted by Gasteiger charge is -2.26. The van der Waals surface area contributed by atoms with E-state index in [2.05, 4.69) is 34.2 Å². The van der Waals surface area contributed by atoms with Crippen LogP contribution in [-0.2, 0) is 0 Å². The minimum absolute atomic E-state index is 0. The largest absolute Gasteiger partial charge is 0.369 e. The molecule has 1 aliphatic rings. The maximum Gasteiger partial charge on any atom is 0.196 e. The van der Waals surface area contributed by atoms with Crippen molar-refractivity contribution in [2.45, 2.75) is 6.04 Å². The lowest BCUT2D eigenvalue weighted by molar-refractivity contribution is 0.769. The summed E-state index contributed by atoms with van der Waals surface area (Å²) >= 11 is 0. The quantitative estimate of drug-likeness (QED) is 0.924. The van der Waals surface area contributed by atoms with Crippen molar-refractivity contribution in [3.8, 4) is 0 Å². The Labute approximate surface area is 123 Å². The van der Waals surface area contributed by atoms with Crippen molar-refractivity contribution in [1.82, 2.24) is 0 Å². The summed E-state index contributed by atoms with van der Waals surface area (Å²) in [7, 11) is 0. The molecule has 1 unspecified atom stereocenters. The Morgan fingerprint density at radius 2 is 1.53 bits per heavy atom. The van der Waals surface area contributed by atoms with Crippen molar-refractivity contribution in [1.29, 1.82) is 0 Å². The number of nitrogens with two attached hydrogens (primary N) is 1. The van der Waals surface area contributed by atoms with Crippen LogP contribution in [0.5, 0.6) is 0 Å². The second-order valence-electron chi connectivity index (χ2n) is 4.33. The van der Waals surface area contributed by atoms with Crippen molar-refractivity contribution in [2.24, 2.45) is 10.7 Å². The Hall–Kier alpha value is -1.81. The fourth-order valence-electron chi connectivity index (χ4n) is 2.33. The number of halogens is 1. The van der Waals surface area contributed by atoms with E-state index in [9.17, 15) is 0 Å². The molecule has 2 N–H and O–H groups in total. The number of hydrogen-bond acceptors (Lipinski definition) is 3. The summed E-state index contributed by atoms with van der Waals surface area (Å²) in [6, 6.07) is 20.7. The van der Waals surface area contributed by atoms with Crippen molar-refractivity contribution in [3.63, 3.8) is 0 Å². The zero-order valence-corrected chi connectivity index (χ0v) is 12.2. The molecular formula is C15H16BrN3. The molecule has 0 aliphatic carbocycles. The lowest BCUT2D eigenvalue weighted by Crippen LogP contribution is -2.36. The monoisotopic (exact) mass is 317 g/mol. The van der Waals surface area contributed by atoms with Gasteiger partial charge >= 0.3 is 0 Å². The van der Waals surface area contributed by atoms with Crippen LogP contribution in [0.3, 0.4) is 0 Å². The van der Waals surface area contributed by atoms with E-state index < -0.39 is 0 Å². The summed E-state index contributed by atoms with van der Waals surface area (Å²) in [5, 5.41) is 0. The van der Waals surface area contributed by atoms with Gasteiger partial charge in [-0.15, -0.1) is 17.0 Å². The maximum absolute atomic E-state index is 6.01. The predicted molar refractivity (Wildman–Crippen MR) is 84.9 cm³/mol. The van der Waals surface area contributed by atoms with Crippen LogP contribution in [0.2, 0.25) is 0 Å². The fraction of sp³-hybridized carbons (Fsp3) is 0.133. The summed E-state index contributed by atoms with van der Waals surface area (Å²) in [5.41, 5.74) is 8.34. The SMILES string of the molecule is Br.NC1=NCC(c2ccccc2)N1c1ccccc1. The van der Waals surface area contributed by atoms with E-state index in [1.807, 2.05) is 36.4 Å². The summed E-state index contributed by atoms with van der Waals surface area (Å²) in [6.45, 7) is 0.713. The third kappa shape index (κ3) is 2.63. The minimum atomic E-state index is 0. The summed E-state index contributed by atoms with van der Waals surface area (Å²) in [6.07, 6.45) is 0. The molecule has 19 heavy (non-hydrogen) atoms. The van der Waals surface area contributed by atoms with Gasteiger partial charge in [-0.25, -0.2) is 0 Å². The molecule has 0 radical (unpaired) electrons. The number of nitrogens with zero attached hydrogens (tertiary/aromatic N) is 2. The van der Waals surface area contributed by atoms with Crippen LogP contribution in [0.4, 0.5) is 5.69 Å². The van der Waals surface area contributed by atoms with Crippen molar-refractivity contribution < 1.29 is 0 Å². The lowest BCUT2D eigenvalue weighted by atomic mass is 10.1. The van der Waals surface area contributed by atoms with Crippen LogP contribution >= 0.6 is 17.0 Å². The highest BCUT2D eigenvalue weighted by Gasteiger charge is 2.28. The number of benzene rings is 2. The number of para-hydroxylation sites is 1. The van der Waals surface area contributed by atoms with Gasteiger partial charge in [0.1, 0.15) is 0 Å². The van der Waals surface area contributed by atoms with Gasteiger partial charge in [0.05, 0.1) is 12.6 Å². The molecule has 0 bridgehead atoms. The Morgan fingerprint density at radius 1 is 0.947 bits per heavy atom. The van der Waals surface area contributed by atoms with Gasteiger partial charge in [0.25, 0.3) is 0 Å². The Morgan fingerprint density at radius 3 is 2.16 bits per heavy atom. The first-order valence-electron chi connectivity index (χ1n) is 6.05. The van der Waals surface area contributed by atoms with Crippen molar-refractivity contribution >= 4 is 28.6 Å². The molecule has 1 atom stereocenters. The van der Waals surface area contributed by atoms with Gasteiger partial charge in [0.2, 0.25) is 0 Å². The van der Waals surface area contributed by atoms with Gasteiger partial charge in [0.15, 0.2) is 5.96 Å². The molecule has 0 amide bonds. The molecular weight excluding hydrogens is 302 g/mol. The molecule has 3 nitrogen and oxygen atoms in total. The highest BCUT2D eigenvalue weighted by Crippen LogP contribution is 2.30. The van der Waals surface area contributed by atoms with Crippen LogP contribution in [-0.4, -0.2) is 12.5 Å². The molecule has 1 aliphatic heterocycles. The van der Waals surface area contributed by atoms with Crippen LogP contribution in [0.1, 0.15) is 11.6 Å². The molecule has 2 aromatic carbocycles. The molecule has 0 saturated carbocycles. The van der Waals surface area contributed by atoms with Crippen LogP contribution in [0, 0.1) is 0 Å². The molecule has 98 valence electrons. The third-order valence-corrected chi connectivity index (χ3v) is 3.20. The number of hydrogen-bond donors (Lipinski definition) is 1. The zero-order chi connectivity index (χ0) is 12.4. The fourth-order valence-corrected chi connectivity index (χ4v) is 2.33. The van der Waals surface area contributed by atoms with E-state index in [1.54, 1.807) is 0 Å². The van der Waals surface area contributed by atoms with E-state index >= 15 is 0 Å². The minimum Gasteiger partial charge on any atom is -0.369 e. The third-order valence-electron chi connectivity index (χ3n) is 3.20. The van der Waals surface area contributed by atoms with Gasteiger partial charge in [-0.1, -0.05) is 48.5 Å². The molecule has 1 heterocycles. The van der Waals surface area contributed by atoms with Crippen LogP contribution in [0.15, 0.2) is 65.7 Å². The summed E-state index contributed by atoms with van der Waals surface area (Å²) in [5.74, 6) is 0.593. The molecule has 0 saturated heterocycles. The first-order chi connectivity index (χ1) is 8.86. The Balaban J connectivity index is 0.00000133. The van der Waals surface area contributed by atoms with Gasteiger partial charge in [-0.3, -0.25) is 4.99 Å². The smallest absolute Gasteiger partial charge is 0.196 e. The topological polar surface area (TPSA) is 41.6 Å². The zero-order valence-electron chi connectivity index (χ0n) is 10.4. The molecule has 4 heteroatoms. The van der Waals surface area contributed by atoms with Gasteiger partial charge in [-0.05, 0) is 17.7 Å². The summed E-state index contributed by atoms with van der Waals surface area (Å²) in [4.78, 5) is 6.46. The summed E-state index contributed by atoms with van der Waals surface area (Å²) < 4.78 is 0. The van der Waals surface area contributed by atoms with E-state index in [4.69, 9.17) is 5.73 Å². The number of aliphatic imine (C=N–C) groups is 1. The van der Waals surface area contributed by atoms with Gasteiger partial charge in [0, 0.05) is 5.69 Å². The van der Waals surface area contributed by atoms with Gasteiger partial charge in [-0.2, -0.15) is 0 Å². The predicted octanol–water partition coefficient (Wildman–Crippen LogP) is 3.14. The van der Waals surface area contributed by atoms with E-state index in [0.29, 0.717) is 12.5 Å². The number of rotatable bonds is 2. The number of guanidine groups is 1. The molecule has 0 spiro atoms. The molecule has 0 fully saturated rings. The normalized spacial score (nSPS) is 17.8. The number of anilines is 1. The van der Waals surface area contributed by atoms with E-state index in [1.165, 1.54) is 5.56 Å². The van der Waals surface area contributed by atoms with Gasteiger partial charge < -0.3 is 10.6 Å². The van der Waals surface area contributed by atoms with E-state index in [-0.39, 0.29) is 23.0 Å². The molecule has 2 aromatic rings. The first kappa shape index (κ1) is 13.6. The molecule has 0 aromatic heterocycles. The molecule has 3 rings (SSSR count). The Kier molecular flexibility index (Phi) is 4.22. The second kappa shape index (κ2) is 5.89.